The minimum absolute atomic E-state index is 0.285. The van der Waals surface area contributed by atoms with E-state index in [2.05, 4.69) is 16.4 Å². The molecule has 0 amide bonds. The molecule has 1 aliphatic rings. The first kappa shape index (κ1) is 13.2. The molecule has 0 aliphatic heterocycles. The third-order valence-electron chi connectivity index (χ3n) is 3.52. The van der Waals surface area contributed by atoms with E-state index in [1.807, 2.05) is 13.0 Å². The van der Waals surface area contributed by atoms with Gasteiger partial charge in [-0.1, -0.05) is 23.2 Å². The molecule has 0 spiro atoms. The molecule has 0 saturated heterocycles. The predicted octanol–water partition coefficient (Wildman–Crippen LogP) is 5.25. The Morgan fingerprint density at radius 3 is 3.05 bits per heavy atom. The average molecular weight is 313 g/mol. The fraction of sp³-hybridized carbons (Fsp3) is 0.357. The second-order valence-corrected chi connectivity index (χ2v) is 6.94. The summed E-state index contributed by atoms with van der Waals surface area (Å²) < 4.78 is 0.868. The van der Waals surface area contributed by atoms with E-state index in [0.29, 0.717) is 5.15 Å². The van der Waals surface area contributed by atoms with Gasteiger partial charge >= 0.3 is 0 Å². The topological polar surface area (TPSA) is 24.9 Å². The van der Waals surface area contributed by atoms with Crippen LogP contribution in [-0.4, -0.2) is 4.98 Å². The smallest absolute Gasteiger partial charge is 0.152 e. The van der Waals surface area contributed by atoms with Crippen molar-refractivity contribution in [3.63, 3.8) is 0 Å². The van der Waals surface area contributed by atoms with E-state index in [9.17, 15) is 0 Å². The summed E-state index contributed by atoms with van der Waals surface area (Å²) in [5.41, 5.74) is 3.37. The van der Waals surface area contributed by atoms with E-state index < -0.39 is 0 Å². The number of fused-ring (bicyclic) bond motifs is 1. The Bertz CT molecular complexity index is 589. The van der Waals surface area contributed by atoms with Crippen molar-refractivity contribution in [1.29, 1.82) is 0 Å². The second kappa shape index (κ2) is 5.31. The molecule has 2 aromatic heterocycles. The Morgan fingerprint density at radius 1 is 1.42 bits per heavy atom. The molecule has 2 heterocycles. The van der Waals surface area contributed by atoms with Crippen molar-refractivity contribution >= 4 is 40.2 Å². The summed E-state index contributed by atoms with van der Waals surface area (Å²) in [4.78, 5) is 5.54. The van der Waals surface area contributed by atoms with E-state index in [1.165, 1.54) is 16.9 Å². The molecule has 2 nitrogen and oxygen atoms in total. The van der Waals surface area contributed by atoms with Gasteiger partial charge in [-0.2, -0.15) is 0 Å². The molecule has 100 valence electrons. The van der Waals surface area contributed by atoms with E-state index in [1.54, 1.807) is 17.5 Å². The molecule has 0 bridgehead atoms. The standard InChI is InChI=1S/C14H14Cl2N2S/c1-8-5-6-17-14(16)13(8)18-10-3-2-4-11-9(10)7-12(15)19-11/h5-7,10,18H,2-4H2,1H3. The van der Waals surface area contributed by atoms with E-state index >= 15 is 0 Å². The normalized spacial score (nSPS) is 18.2. The van der Waals surface area contributed by atoms with Crippen LogP contribution in [0.2, 0.25) is 9.49 Å². The zero-order chi connectivity index (χ0) is 13.4. The van der Waals surface area contributed by atoms with Crippen LogP contribution in [0.1, 0.15) is 34.9 Å². The predicted molar refractivity (Wildman–Crippen MR) is 82.6 cm³/mol. The van der Waals surface area contributed by atoms with Crippen LogP contribution >= 0.6 is 34.5 Å². The number of nitrogens with zero attached hydrogens (tertiary/aromatic N) is 1. The summed E-state index contributed by atoms with van der Waals surface area (Å²) in [5, 5.41) is 4.08. The van der Waals surface area contributed by atoms with Gasteiger partial charge in [-0.05, 0) is 49.4 Å². The van der Waals surface area contributed by atoms with Crippen LogP contribution < -0.4 is 5.32 Å². The van der Waals surface area contributed by atoms with Crippen LogP contribution in [0.25, 0.3) is 0 Å². The molecular weight excluding hydrogens is 299 g/mol. The molecule has 19 heavy (non-hydrogen) atoms. The van der Waals surface area contributed by atoms with Gasteiger partial charge in [0.2, 0.25) is 0 Å². The number of rotatable bonds is 2. The summed E-state index contributed by atoms with van der Waals surface area (Å²) in [5.74, 6) is 0. The number of pyridine rings is 1. The Balaban J connectivity index is 1.92. The molecule has 0 radical (unpaired) electrons. The first-order valence-corrected chi connectivity index (χ1v) is 7.88. The molecule has 0 fully saturated rings. The van der Waals surface area contributed by atoms with Crippen LogP contribution in [0.15, 0.2) is 18.3 Å². The van der Waals surface area contributed by atoms with Crippen LogP contribution in [-0.2, 0) is 6.42 Å². The Morgan fingerprint density at radius 2 is 2.26 bits per heavy atom. The van der Waals surface area contributed by atoms with Crippen molar-refractivity contribution in [2.24, 2.45) is 0 Å². The van der Waals surface area contributed by atoms with Crippen LogP contribution in [0, 0.1) is 6.92 Å². The van der Waals surface area contributed by atoms with Crippen LogP contribution in [0.3, 0.4) is 0 Å². The summed E-state index contributed by atoms with van der Waals surface area (Å²) in [6, 6.07) is 4.34. The number of anilines is 1. The highest BCUT2D eigenvalue weighted by Gasteiger charge is 2.23. The van der Waals surface area contributed by atoms with E-state index in [0.717, 1.165) is 28.4 Å². The Hall–Kier alpha value is -0.770. The number of nitrogens with one attached hydrogen (secondary N) is 1. The van der Waals surface area contributed by atoms with Gasteiger partial charge < -0.3 is 5.32 Å². The highest BCUT2D eigenvalue weighted by molar-refractivity contribution is 7.16. The molecule has 0 aromatic carbocycles. The van der Waals surface area contributed by atoms with Gasteiger partial charge in [0.1, 0.15) is 0 Å². The maximum Gasteiger partial charge on any atom is 0.152 e. The highest BCUT2D eigenvalue weighted by atomic mass is 35.5. The zero-order valence-corrected chi connectivity index (χ0v) is 12.9. The van der Waals surface area contributed by atoms with Crippen molar-refractivity contribution in [3.05, 3.63) is 43.8 Å². The van der Waals surface area contributed by atoms with Gasteiger partial charge in [0.05, 0.1) is 16.1 Å². The summed E-state index contributed by atoms with van der Waals surface area (Å²) >= 11 is 14.0. The SMILES string of the molecule is Cc1ccnc(Cl)c1NC1CCCc2sc(Cl)cc21. The number of thiophene rings is 1. The van der Waals surface area contributed by atoms with Gasteiger partial charge in [-0.15, -0.1) is 11.3 Å². The first-order valence-electron chi connectivity index (χ1n) is 6.31. The first-order chi connectivity index (χ1) is 9.15. The maximum atomic E-state index is 6.18. The lowest BCUT2D eigenvalue weighted by molar-refractivity contribution is 0.608. The third-order valence-corrected chi connectivity index (χ3v) is 5.14. The van der Waals surface area contributed by atoms with E-state index in [-0.39, 0.29) is 6.04 Å². The molecule has 1 N–H and O–H groups in total. The molecule has 1 aliphatic carbocycles. The Labute approximate surface area is 126 Å². The fourth-order valence-electron chi connectivity index (χ4n) is 2.54. The van der Waals surface area contributed by atoms with Crippen LogP contribution in [0.4, 0.5) is 5.69 Å². The number of aryl methyl sites for hydroxylation is 2. The average Bonchev–Trinajstić information content (AvgIpc) is 2.75. The number of hydrogen-bond donors (Lipinski definition) is 1. The molecule has 2 aromatic rings. The quantitative estimate of drug-likeness (QED) is 0.766. The summed E-state index contributed by atoms with van der Waals surface area (Å²) in [6.45, 7) is 2.04. The lowest BCUT2D eigenvalue weighted by Crippen LogP contribution is -2.16. The van der Waals surface area contributed by atoms with E-state index in [4.69, 9.17) is 23.2 Å². The summed E-state index contributed by atoms with van der Waals surface area (Å²) in [7, 11) is 0. The number of aromatic nitrogens is 1. The molecular formula is C14H14Cl2N2S. The molecule has 0 saturated carbocycles. The lowest BCUT2D eigenvalue weighted by atomic mass is 9.93. The van der Waals surface area contributed by atoms with Crippen molar-refractivity contribution < 1.29 is 0 Å². The second-order valence-electron chi connectivity index (χ2n) is 4.81. The largest absolute Gasteiger partial charge is 0.375 e. The van der Waals surface area contributed by atoms with Crippen molar-refractivity contribution in [3.8, 4) is 0 Å². The highest BCUT2D eigenvalue weighted by Crippen LogP contribution is 2.40. The van der Waals surface area contributed by atoms with Gasteiger partial charge in [0.15, 0.2) is 5.15 Å². The monoisotopic (exact) mass is 312 g/mol. The summed E-state index contributed by atoms with van der Waals surface area (Å²) in [6.07, 6.45) is 5.14. The fourth-order valence-corrected chi connectivity index (χ4v) is 4.19. The maximum absolute atomic E-state index is 6.18. The van der Waals surface area contributed by atoms with Crippen molar-refractivity contribution in [1.82, 2.24) is 4.98 Å². The molecule has 5 heteroatoms. The zero-order valence-electron chi connectivity index (χ0n) is 10.5. The number of halogens is 2. The molecule has 1 unspecified atom stereocenters. The minimum atomic E-state index is 0.285. The van der Waals surface area contributed by atoms with Gasteiger partial charge in [0, 0.05) is 11.1 Å². The van der Waals surface area contributed by atoms with Gasteiger partial charge in [-0.25, -0.2) is 4.98 Å². The van der Waals surface area contributed by atoms with Gasteiger partial charge in [-0.3, -0.25) is 0 Å². The van der Waals surface area contributed by atoms with Crippen LogP contribution in [0.5, 0.6) is 0 Å². The molecule has 3 rings (SSSR count). The Kier molecular flexibility index (Phi) is 3.70. The third kappa shape index (κ3) is 2.60. The van der Waals surface area contributed by atoms with Crippen molar-refractivity contribution in [2.75, 3.05) is 5.32 Å². The molecule has 1 atom stereocenters. The van der Waals surface area contributed by atoms with Crippen molar-refractivity contribution in [2.45, 2.75) is 32.2 Å². The number of hydrogen-bond acceptors (Lipinski definition) is 3. The lowest BCUT2D eigenvalue weighted by Gasteiger charge is -2.25. The minimum Gasteiger partial charge on any atom is -0.375 e. The van der Waals surface area contributed by atoms with Gasteiger partial charge in [0.25, 0.3) is 0 Å².